The molecule has 0 saturated carbocycles. The summed E-state index contributed by atoms with van der Waals surface area (Å²) in [5, 5.41) is 19.0. The Labute approximate surface area is 234 Å². The van der Waals surface area contributed by atoms with Crippen LogP contribution in [0.3, 0.4) is 0 Å². The molecule has 1 atom stereocenters. The molecule has 0 radical (unpaired) electrons. The maximum atomic E-state index is 13.7. The van der Waals surface area contributed by atoms with E-state index in [-0.39, 0.29) is 23.9 Å². The monoisotopic (exact) mass is 533 g/mol. The Morgan fingerprint density at radius 2 is 1.75 bits per heavy atom. The van der Waals surface area contributed by atoms with Gasteiger partial charge in [0.2, 0.25) is 0 Å². The van der Waals surface area contributed by atoms with Crippen molar-refractivity contribution in [3.8, 4) is 0 Å². The Kier molecular flexibility index (Phi) is 8.34. The number of aromatic amines is 1. The van der Waals surface area contributed by atoms with Crippen molar-refractivity contribution in [2.75, 3.05) is 10.2 Å². The molecule has 1 heterocycles. The number of nitrogens with one attached hydrogen (secondary N) is 3. The molecule has 1 unspecified atom stereocenters. The molecule has 3 N–H and O–H groups in total. The molecule has 1 aromatic heterocycles. The molecule has 0 bridgehead atoms. The Morgan fingerprint density at radius 1 is 1.00 bits per heavy atom. The summed E-state index contributed by atoms with van der Waals surface area (Å²) in [5.41, 5.74) is 6.91. The van der Waals surface area contributed by atoms with E-state index in [4.69, 9.17) is 0 Å². The number of benzene rings is 3. The van der Waals surface area contributed by atoms with Gasteiger partial charge < -0.3 is 5.32 Å². The van der Waals surface area contributed by atoms with Crippen LogP contribution in [0.15, 0.2) is 78.9 Å². The highest BCUT2D eigenvalue weighted by Crippen LogP contribution is 2.29. The Hall–Kier alpha value is -4.73. The summed E-state index contributed by atoms with van der Waals surface area (Å²) in [5.74, 6) is -0.242. The van der Waals surface area contributed by atoms with Crippen LogP contribution in [0.1, 0.15) is 65.7 Å². The van der Waals surface area contributed by atoms with E-state index in [1.54, 1.807) is 17.0 Å². The van der Waals surface area contributed by atoms with Gasteiger partial charge in [0, 0.05) is 11.3 Å². The lowest BCUT2D eigenvalue weighted by atomic mass is 9.93. The first-order chi connectivity index (χ1) is 19.5. The van der Waals surface area contributed by atoms with Crippen molar-refractivity contribution in [2.45, 2.75) is 45.2 Å². The predicted octanol–water partition coefficient (Wildman–Crippen LogP) is 4.15. The lowest BCUT2D eigenvalue weighted by Gasteiger charge is -2.26. The summed E-state index contributed by atoms with van der Waals surface area (Å²) < 4.78 is 0. The molecule has 202 valence electrons. The van der Waals surface area contributed by atoms with Gasteiger partial charge in [-0.25, -0.2) is 4.79 Å². The van der Waals surface area contributed by atoms with E-state index >= 15 is 0 Å². The van der Waals surface area contributed by atoms with E-state index in [0.29, 0.717) is 12.1 Å². The smallest absolute Gasteiger partial charge is 0.322 e. The third-order valence-electron chi connectivity index (χ3n) is 7.13. The fraction of sp³-hybridized carbons (Fsp3) is 0.233. The van der Waals surface area contributed by atoms with Gasteiger partial charge in [0.05, 0.1) is 12.6 Å². The third kappa shape index (κ3) is 6.64. The quantitative estimate of drug-likeness (QED) is 0.295. The molecule has 0 fully saturated rings. The van der Waals surface area contributed by atoms with Gasteiger partial charge >= 0.3 is 6.03 Å². The number of allylic oxidation sites excluding steroid dienone is 2. The fourth-order valence-corrected chi connectivity index (χ4v) is 4.77. The van der Waals surface area contributed by atoms with Crippen LogP contribution in [0.4, 0.5) is 16.4 Å². The maximum absolute atomic E-state index is 13.7. The van der Waals surface area contributed by atoms with Gasteiger partial charge in [0.1, 0.15) is 7.85 Å². The van der Waals surface area contributed by atoms with Crippen molar-refractivity contribution in [1.29, 1.82) is 0 Å². The first kappa shape index (κ1) is 26.9. The van der Waals surface area contributed by atoms with Crippen molar-refractivity contribution in [3.05, 3.63) is 101 Å². The minimum Gasteiger partial charge on any atom is -0.331 e. The molecule has 9 nitrogen and oxygen atoms in total. The van der Waals surface area contributed by atoms with Crippen molar-refractivity contribution in [2.24, 2.45) is 0 Å². The minimum absolute atomic E-state index is 0.104. The summed E-state index contributed by atoms with van der Waals surface area (Å²) in [6, 6.07) is 23.1. The molecule has 0 spiro atoms. The molecular formula is C30H32BN7O2. The van der Waals surface area contributed by atoms with E-state index in [2.05, 4.69) is 49.5 Å². The number of rotatable bonds is 8. The second-order valence-corrected chi connectivity index (χ2v) is 10.1. The van der Waals surface area contributed by atoms with E-state index < -0.39 is 0 Å². The fourth-order valence-electron chi connectivity index (χ4n) is 4.77. The number of hydrogen-bond donors (Lipinski definition) is 3. The first-order valence-corrected chi connectivity index (χ1v) is 13.5. The topological polar surface area (TPSA) is 116 Å². The molecule has 40 heavy (non-hydrogen) atoms. The van der Waals surface area contributed by atoms with Crippen LogP contribution in [0.2, 0.25) is 0 Å². The van der Waals surface area contributed by atoms with Crippen molar-refractivity contribution in [1.82, 2.24) is 25.9 Å². The van der Waals surface area contributed by atoms with Crippen LogP contribution in [-0.2, 0) is 6.54 Å². The highest BCUT2D eigenvalue weighted by Gasteiger charge is 2.20. The van der Waals surface area contributed by atoms with Gasteiger partial charge in [-0.1, -0.05) is 65.2 Å². The van der Waals surface area contributed by atoms with Crippen LogP contribution in [-0.4, -0.2) is 40.4 Å². The number of carbonyl (C=O) groups excluding carboxylic acids is 2. The zero-order chi connectivity index (χ0) is 27.9. The number of tetrazole rings is 1. The largest absolute Gasteiger partial charge is 0.331 e. The van der Waals surface area contributed by atoms with Gasteiger partial charge in [0.25, 0.3) is 11.9 Å². The number of aromatic nitrogens is 4. The van der Waals surface area contributed by atoms with Gasteiger partial charge in [-0.2, -0.15) is 5.21 Å². The SMILES string of the molecule is Bc1ccc(C(C)NC(=O)N(Cc2ccc(C(=O)Nc3nn[nH]n3)cc2)c2ccc(C3=CCCCC3)cc2)cc1. The minimum atomic E-state index is -0.345. The normalized spacial score (nSPS) is 13.7. The van der Waals surface area contributed by atoms with Crippen LogP contribution in [0, 0.1) is 0 Å². The molecule has 3 aromatic carbocycles. The van der Waals surface area contributed by atoms with Crippen molar-refractivity contribution in [3.63, 3.8) is 0 Å². The number of anilines is 2. The van der Waals surface area contributed by atoms with E-state index in [0.717, 1.165) is 29.7 Å². The van der Waals surface area contributed by atoms with Crippen molar-refractivity contribution < 1.29 is 9.59 Å². The first-order valence-electron chi connectivity index (χ1n) is 13.5. The molecular weight excluding hydrogens is 501 g/mol. The van der Waals surface area contributed by atoms with Crippen LogP contribution in [0.5, 0.6) is 0 Å². The molecule has 1 aliphatic carbocycles. The second-order valence-electron chi connectivity index (χ2n) is 10.1. The number of amides is 3. The molecule has 3 amide bonds. The zero-order valence-corrected chi connectivity index (χ0v) is 22.7. The predicted molar refractivity (Wildman–Crippen MR) is 159 cm³/mol. The number of H-pyrrole nitrogens is 1. The zero-order valence-electron chi connectivity index (χ0n) is 22.7. The third-order valence-corrected chi connectivity index (χ3v) is 7.13. The van der Waals surface area contributed by atoms with Crippen molar-refractivity contribution >= 4 is 42.5 Å². The van der Waals surface area contributed by atoms with Gasteiger partial charge in [-0.15, -0.1) is 5.10 Å². The molecule has 5 rings (SSSR count). The van der Waals surface area contributed by atoms with Gasteiger partial charge in [-0.05, 0) is 84.3 Å². The summed E-state index contributed by atoms with van der Waals surface area (Å²) in [4.78, 5) is 27.9. The van der Waals surface area contributed by atoms with Crippen LogP contribution >= 0.6 is 0 Å². The average Bonchev–Trinajstić information content (AvgIpc) is 3.50. The summed E-state index contributed by atoms with van der Waals surface area (Å²) >= 11 is 0. The van der Waals surface area contributed by atoms with Gasteiger partial charge in [-0.3, -0.25) is 15.0 Å². The number of urea groups is 1. The number of nitrogens with zero attached hydrogens (tertiary/aromatic N) is 4. The Morgan fingerprint density at radius 3 is 2.40 bits per heavy atom. The summed E-state index contributed by atoms with van der Waals surface area (Å²) in [7, 11) is 2.04. The number of carbonyl (C=O) groups is 2. The average molecular weight is 533 g/mol. The molecule has 10 heteroatoms. The summed E-state index contributed by atoms with van der Waals surface area (Å²) in [6.07, 6.45) is 6.98. The molecule has 1 aliphatic rings. The highest BCUT2D eigenvalue weighted by atomic mass is 16.2. The lowest BCUT2D eigenvalue weighted by molar-refractivity contribution is 0.102. The lowest BCUT2D eigenvalue weighted by Crippen LogP contribution is -2.40. The standard InChI is InChI=1S/C30H32BN7O2/c1-20(22-11-15-26(31)16-12-22)32-30(40)38(27-17-13-24(14-18-27)23-5-3-2-4-6-23)19-21-7-9-25(10-8-21)28(39)33-29-34-36-37-35-29/h5,7-18,20H,2-4,6,19,31H2,1H3,(H,32,40)(H2,33,34,35,36,37,39). The second kappa shape index (κ2) is 12.4. The Balaban J connectivity index is 1.35. The molecule has 0 saturated heterocycles. The highest BCUT2D eigenvalue weighted by molar-refractivity contribution is 6.32. The van der Waals surface area contributed by atoms with Gasteiger partial charge in [0.15, 0.2) is 0 Å². The van der Waals surface area contributed by atoms with E-state index in [9.17, 15) is 9.59 Å². The van der Waals surface area contributed by atoms with E-state index in [1.165, 1.54) is 29.4 Å². The molecule has 0 aliphatic heterocycles. The van der Waals surface area contributed by atoms with Crippen LogP contribution < -0.4 is 21.0 Å². The maximum Gasteiger partial charge on any atom is 0.322 e. The van der Waals surface area contributed by atoms with Crippen LogP contribution in [0.25, 0.3) is 5.57 Å². The number of hydrogen-bond acceptors (Lipinski definition) is 5. The molecule has 4 aromatic rings. The summed E-state index contributed by atoms with van der Waals surface area (Å²) in [6.45, 7) is 2.32. The Bertz CT molecular complexity index is 1470. The van der Waals surface area contributed by atoms with E-state index in [1.807, 2.05) is 63.3 Å².